The van der Waals surface area contributed by atoms with E-state index >= 15 is 0 Å². The number of ether oxygens (including phenoxy) is 2. The van der Waals surface area contributed by atoms with Crippen molar-refractivity contribution in [3.05, 3.63) is 215 Å². The van der Waals surface area contributed by atoms with Gasteiger partial charge in [-0.05, 0) is 52.7 Å². The summed E-state index contributed by atoms with van der Waals surface area (Å²) in [5.41, 5.74) is 6.81. The maximum Gasteiger partial charge on any atom is 0.331 e. The number of halogens is 1. The van der Waals surface area contributed by atoms with Crippen LogP contribution in [0.5, 0.6) is 0 Å². The zero-order chi connectivity index (χ0) is 42.5. The van der Waals surface area contributed by atoms with Crippen molar-refractivity contribution in [2.24, 2.45) is 9.98 Å². The van der Waals surface area contributed by atoms with Crippen molar-refractivity contribution in [1.29, 1.82) is 0 Å². The summed E-state index contributed by atoms with van der Waals surface area (Å²) < 4.78 is 11.0. The van der Waals surface area contributed by atoms with Gasteiger partial charge < -0.3 is 9.47 Å². The lowest BCUT2D eigenvalue weighted by atomic mass is 10.0. The fourth-order valence-electron chi connectivity index (χ4n) is 5.68. The quantitative estimate of drug-likeness (QED) is 0.0738. The van der Waals surface area contributed by atoms with Crippen molar-refractivity contribution in [1.82, 2.24) is 0 Å². The smallest absolute Gasteiger partial charge is 0.331 e. The van der Waals surface area contributed by atoms with E-state index in [0.29, 0.717) is 6.42 Å². The van der Waals surface area contributed by atoms with Gasteiger partial charge in [0, 0.05) is 34.0 Å². The van der Waals surface area contributed by atoms with E-state index in [9.17, 15) is 9.59 Å². The summed E-state index contributed by atoms with van der Waals surface area (Å²) in [6, 6.07) is 59.2. The number of hydrogen-bond donors (Lipinski definition) is 0. The lowest BCUT2D eigenvalue weighted by molar-refractivity contribution is -0.156. The molecule has 0 aliphatic heterocycles. The Morgan fingerprint density at radius 3 is 1.17 bits per heavy atom. The summed E-state index contributed by atoms with van der Waals surface area (Å²) in [6.07, 6.45) is 0.485. The molecule has 0 bridgehead atoms. The number of carbonyl (C=O) groups is 2. The highest BCUT2D eigenvalue weighted by atomic mass is 79.9. The number of hydrogen-bond acceptors (Lipinski definition) is 6. The summed E-state index contributed by atoms with van der Waals surface area (Å²) in [5, 5.41) is 0.952. The van der Waals surface area contributed by atoms with Crippen LogP contribution in [0.25, 0.3) is 0 Å². The Labute approximate surface area is 366 Å². The van der Waals surface area contributed by atoms with Gasteiger partial charge in [-0.15, -0.1) is 0 Å². The van der Waals surface area contributed by atoms with Crippen LogP contribution in [0.15, 0.2) is 192 Å². The molecule has 6 aromatic carbocycles. The van der Waals surface area contributed by atoms with Gasteiger partial charge in [-0.3, -0.25) is 14.8 Å². The monoisotopic (exact) mass is 866 g/mol. The zero-order valence-electron chi connectivity index (χ0n) is 34.9. The number of alkyl halides is 1. The molecule has 1 atom stereocenters. The van der Waals surface area contributed by atoms with E-state index in [2.05, 4.69) is 33.1 Å². The van der Waals surface area contributed by atoms with Gasteiger partial charge in [-0.1, -0.05) is 205 Å². The summed E-state index contributed by atoms with van der Waals surface area (Å²) >= 11 is 3.36. The Bertz CT molecular complexity index is 2100. The number of aliphatic imine (C=N–C) groups is 2. The molecule has 6 nitrogen and oxygen atoms in total. The van der Waals surface area contributed by atoms with Crippen molar-refractivity contribution in [2.45, 2.75) is 78.0 Å². The molecule has 0 amide bonds. The minimum Gasteiger partial charge on any atom is -0.459 e. The maximum atomic E-state index is 13.0. The Morgan fingerprint density at radius 2 is 0.833 bits per heavy atom. The SMILES string of the molecule is BrCc1ccccc1.C.CC(C)(C)OC(=O)C(Cc1ccccc1)N=C(c1ccccc1)c1ccccc1.CC(C)(C)OC(=O)CN=C(c1ccccc1)c1ccccc1. The second-order valence-electron chi connectivity index (χ2n) is 15.6. The summed E-state index contributed by atoms with van der Waals surface area (Å²) in [7, 11) is 0. The minimum absolute atomic E-state index is 0. The van der Waals surface area contributed by atoms with Gasteiger partial charge in [0.2, 0.25) is 0 Å². The van der Waals surface area contributed by atoms with Crippen LogP contribution in [-0.2, 0) is 30.8 Å². The summed E-state index contributed by atoms with van der Waals surface area (Å²) in [6.45, 7) is 11.2. The van der Waals surface area contributed by atoms with Crippen molar-refractivity contribution >= 4 is 39.3 Å². The van der Waals surface area contributed by atoms with E-state index < -0.39 is 17.2 Å². The van der Waals surface area contributed by atoms with Gasteiger partial charge >= 0.3 is 11.9 Å². The summed E-state index contributed by atoms with van der Waals surface area (Å²) in [4.78, 5) is 34.4. The first-order valence-electron chi connectivity index (χ1n) is 19.7. The molecule has 60 heavy (non-hydrogen) atoms. The first-order chi connectivity index (χ1) is 28.3. The molecule has 0 saturated carbocycles. The molecule has 0 saturated heterocycles. The second-order valence-corrected chi connectivity index (χ2v) is 16.1. The molecule has 0 aliphatic rings. The van der Waals surface area contributed by atoms with E-state index in [4.69, 9.17) is 14.5 Å². The Kier molecular flexibility index (Phi) is 20.1. The first kappa shape index (κ1) is 48.4. The molecule has 0 N–H and O–H groups in total. The third-order valence-corrected chi connectivity index (χ3v) is 8.86. The van der Waals surface area contributed by atoms with Crippen LogP contribution in [-0.4, -0.2) is 47.2 Å². The predicted octanol–water partition coefficient (Wildman–Crippen LogP) is 12.6. The molecular weight excluding hydrogens is 808 g/mol. The molecule has 0 radical (unpaired) electrons. The van der Waals surface area contributed by atoms with Gasteiger partial charge in [0.25, 0.3) is 0 Å². The van der Waals surface area contributed by atoms with Gasteiger partial charge in [0.15, 0.2) is 6.04 Å². The van der Waals surface area contributed by atoms with Gasteiger partial charge in [-0.25, -0.2) is 4.79 Å². The van der Waals surface area contributed by atoms with Crippen LogP contribution < -0.4 is 0 Å². The zero-order valence-corrected chi connectivity index (χ0v) is 36.5. The number of rotatable bonds is 11. The molecule has 6 aromatic rings. The normalized spacial score (nSPS) is 11.1. The topological polar surface area (TPSA) is 77.3 Å². The van der Waals surface area contributed by atoms with Crippen molar-refractivity contribution in [2.75, 3.05) is 6.54 Å². The van der Waals surface area contributed by atoms with Gasteiger partial charge in [0.1, 0.15) is 17.7 Å². The summed E-state index contributed by atoms with van der Waals surface area (Å²) in [5.74, 6) is -0.637. The van der Waals surface area contributed by atoms with Crippen molar-refractivity contribution < 1.29 is 19.1 Å². The number of benzene rings is 6. The Morgan fingerprint density at radius 1 is 0.500 bits per heavy atom. The molecule has 1 unspecified atom stereocenters. The van der Waals surface area contributed by atoms with Crippen molar-refractivity contribution in [3.63, 3.8) is 0 Å². The Balaban J connectivity index is 0.000000273. The van der Waals surface area contributed by atoms with Gasteiger partial charge in [0.05, 0.1) is 11.4 Å². The average Bonchev–Trinajstić information content (AvgIpc) is 3.24. The van der Waals surface area contributed by atoms with Crippen LogP contribution in [0.4, 0.5) is 0 Å². The van der Waals surface area contributed by atoms with Crippen LogP contribution in [0.3, 0.4) is 0 Å². The maximum absolute atomic E-state index is 13.0. The van der Waals surface area contributed by atoms with E-state index in [0.717, 1.165) is 44.6 Å². The molecule has 6 rings (SSSR count). The number of carbonyl (C=O) groups excluding carboxylic acids is 2. The minimum atomic E-state index is -0.632. The predicted molar refractivity (Wildman–Crippen MR) is 253 cm³/mol. The Hall–Kier alpha value is -5.92. The van der Waals surface area contributed by atoms with Crippen LogP contribution in [0.2, 0.25) is 0 Å². The fourth-order valence-corrected chi connectivity index (χ4v) is 6.05. The fraction of sp³-hybridized carbons (Fsp3) is 0.245. The largest absolute Gasteiger partial charge is 0.459 e. The molecular formula is C53H59BrN2O4. The molecule has 0 aliphatic carbocycles. The molecule has 312 valence electrons. The van der Waals surface area contributed by atoms with Gasteiger partial charge in [-0.2, -0.15) is 0 Å². The highest BCUT2D eigenvalue weighted by Gasteiger charge is 2.26. The molecule has 0 heterocycles. The standard InChI is InChI=1S/C26H27NO2.C19H21NO2.C7H7Br.CH4/c1-26(2,3)29-25(28)23(19-20-13-7-4-8-14-20)27-24(21-15-9-5-10-16-21)22-17-11-6-12-18-22;1-19(2,3)22-17(21)14-20-18(15-10-6-4-7-11-15)16-12-8-5-9-13-16;8-6-7-4-2-1-3-5-7;/h4-18,23H,19H2,1-3H3;4-13H,14H2,1-3H3;1-5H,6H2;1H4. The van der Waals surface area contributed by atoms with Crippen LogP contribution in [0, 0.1) is 0 Å². The molecule has 0 aromatic heterocycles. The van der Waals surface area contributed by atoms with E-state index in [1.807, 2.05) is 211 Å². The van der Waals surface area contributed by atoms with E-state index in [1.54, 1.807) is 0 Å². The van der Waals surface area contributed by atoms with Crippen LogP contribution >= 0.6 is 15.9 Å². The lowest BCUT2D eigenvalue weighted by Gasteiger charge is -2.23. The highest BCUT2D eigenvalue weighted by Crippen LogP contribution is 2.18. The number of esters is 2. The average molecular weight is 868 g/mol. The third-order valence-electron chi connectivity index (χ3n) is 8.21. The third kappa shape index (κ3) is 17.9. The molecule has 7 heteroatoms. The molecule has 0 spiro atoms. The number of nitrogens with zero attached hydrogens (tertiary/aromatic N) is 2. The van der Waals surface area contributed by atoms with Crippen molar-refractivity contribution in [3.8, 4) is 0 Å². The van der Waals surface area contributed by atoms with E-state index in [-0.39, 0.29) is 25.9 Å². The van der Waals surface area contributed by atoms with E-state index in [1.165, 1.54) is 5.56 Å². The lowest BCUT2D eigenvalue weighted by Crippen LogP contribution is -2.33. The van der Waals surface area contributed by atoms with Crippen LogP contribution in [0.1, 0.15) is 82.3 Å². The highest BCUT2D eigenvalue weighted by molar-refractivity contribution is 9.08. The second kappa shape index (κ2) is 24.9. The molecule has 0 fully saturated rings. The first-order valence-corrected chi connectivity index (χ1v) is 20.9.